The average molecular weight is 417 g/mol. The maximum Gasteiger partial charge on any atom is 0.248 e. The summed E-state index contributed by atoms with van der Waals surface area (Å²) in [6.07, 6.45) is 4.89. The molecule has 0 unspecified atom stereocenters. The molecule has 2 N–H and O–H groups in total. The number of H-pyrrole nitrogens is 1. The topological polar surface area (TPSA) is 83.6 Å². The number of carbonyl (C=O) groups is 1. The number of carbonyl (C=O) groups excluding carboxylic acids is 1. The van der Waals surface area contributed by atoms with Gasteiger partial charge in [-0.3, -0.25) is 9.78 Å². The molecule has 0 bridgehead atoms. The minimum atomic E-state index is -2.62. The molecule has 0 spiro atoms. The molecule has 158 valence electrons. The lowest BCUT2D eigenvalue weighted by molar-refractivity contribution is -0.0457. The third kappa shape index (κ3) is 4.01. The Hall–Kier alpha value is -2.97. The van der Waals surface area contributed by atoms with E-state index in [2.05, 4.69) is 25.3 Å². The normalized spacial score (nSPS) is 16.7. The van der Waals surface area contributed by atoms with Gasteiger partial charge in [0.25, 0.3) is 0 Å². The van der Waals surface area contributed by atoms with Crippen molar-refractivity contribution in [2.75, 3.05) is 11.9 Å². The summed E-state index contributed by atoms with van der Waals surface area (Å²) in [6, 6.07) is 1.16. The van der Waals surface area contributed by atoms with Gasteiger partial charge in [-0.25, -0.2) is 23.1 Å². The Bertz CT molecular complexity index is 1070. The van der Waals surface area contributed by atoms with Gasteiger partial charge in [0.05, 0.1) is 16.6 Å². The summed E-state index contributed by atoms with van der Waals surface area (Å²) in [7, 11) is 0. The van der Waals surface area contributed by atoms with Crippen molar-refractivity contribution in [3.05, 3.63) is 47.4 Å². The molecule has 3 aromatic rings. The number of rotatable bonds is 6. The number of anilines is 1. The molecule has 4 rings (SSSR count). The fraction of sp³-hybridized carbons (Fsp3) is 0.429. The molecule has 3 heterocycles. The Morgan fingerprint density at radius 2 is 2.03 bits per heavy atom. The number of nitrogens with zero attached hydrogens (tertiary/aromatic N) is 3. The van der Waals surface area contributed by atoms with Crippen molar-refractivity contribution >= 4 is 22.6 Å². The third-order valence-corrected chi connectivity index (χ3v) is 5.56. The van der Waals surface area contributed by atoms with E-state index in [-0.39, 0.29) is 30.0 Å². The van der Waals surface area contributed by atoms with E-state index in [0.29, 0.717) is 48.2 Å². The molecule has 0 aromatic carbocycles. The van der Waals surface area contributed by atoms with E-state index in [9.17, 15) is 18.0 Å². The van der Waals surface area contributed by atoms with Crippen LogP contribution in [0.2, 0.25) is 0 Å². The van der Waals surface area contributed by atoms with Crippen LogP contribution in [0, 0.1) is 11.7 Å². The number of aromatic nitrogens is 4. The van der Waals surface area contributed by atoms with Crippen molar-refractivity contribution in [2.45, 2.75) is 45.0 Å². The number of fused-ring (bicyclic) bond motifs is 1. The Morgan fingerprint density at radius 1 is 1.27 bits per heavy atom. The molecule has 1 saturated carbocycles. The fourth-order valence-corrected chi connectivity index (χ4v) is 3.92. The Balaban J connectivity index is 1.56. The molecule has 1 aliphatic rings. The van der Waals surface area contributed by atoms with Crippen LogP contribution in [0.4, 0.5) is 19.0 Å². The number of hydrogen-bond acceptors (Lipinski definition) is 5. The molecule has 0 saturated heterocycles. The molecule has 1 aliphatic carbocycles. The highest BCUT2D eigenvalue weighted by Crippen LogP contribution is 2.37. The second-order valence-electron chi connectivity index (χ2n) is 7.66. The molecule has 1 fully saturated rings. The fourth-order valence-electron chi connectivity index (χ4n) is 3.92. The smallest absolute Gasteiger partial charge is 0.248 e. The molecule has 6 nitrogen and oxygen atoms in total. The van der Waals surface area contributed by atoms with E-state index in [1.54, 1.807) is 0 Å². The lowest BCUT2D eigenvalue weighted by Crippen LogP contribution is -2.26. The second kappa shape index (κ2) is 8.04. The summed E-state index contributed by atoms with van der Waals surface area (Å²) in [4.78, 5) is 28.4. The van der Waals surface area contributed by atoms with Crippen LogP contribution in [0.1, 0.15) is 54.2 Å². The first-order valence-corrected chi connectivity index (χ1v) is 10.0. The van der Waals surface area contributed by atoms with Crippen LogP contribution in [0.3, 0.4) is 0 Å². The number of aromatic amines is 1. The van der Waals surface area contributed by atoms with Crippen LogP contribution >= 0.6 is 0 Å². The van der Waals surface area contributed by atoms with Gasteiger partial charge in [-0.2, -0.15) is 0 Å². The number of hydrogen-bond donors (Lipinski definition) is 2. The second-order valence-corrected chi connectivity index (χ2v) is 7.66. The van der Waals surface area contributed by atoms with Gasteiger partial charge in [0.2, 0.25) is 5.92 Å². The van der Waals surface area contributed by atoms with E-state index >= 15 is 0 Å². The molecule has 0 radical (unpaired) electrons. The average Bonchev–Trinajstić information content (AvgIpc) is 3.16. The van der Waals surface area contributed by atoms with Crippen molar-refractivity contribution in [1.29, 1.82) is 0 Å². The number of alkyl halides is 2. The standard InChI is InChI=1S/C21H22F3N5O/c1-2-25-19-17-14(10-27-20(17)29-11-28-19)18(30)13-8-15(22)16(26-9-13)7-12-3-5-21(23,24)6-4-12/h8-12H,2-7H2,1H3,(H2,25,27,28,29). The largest absolute Gasteiger partial charge is 0.370 e. The van der Waals surface area contributed by atoms with Crippen LogP contribution in [0.15, 0.2) is 24.8 Å². The quantitative estimate of drug-likeness (QED) is 0.576. The molecule has 9 heteroatoms. The van der Waals surface area contributed by atoms with Crippen LogP contribution in [-0.2, 0) is 6.42 Å². The van der Waals surface area contributed by atoms with Crippen LogP contribution in [-0.4, -0.2) is 38.2 Å². The van der Waals surface area contributed by atoms with Gasteiger partial charge in [0.1, 0.15) is 23.6 Å². The van der Waals surface area contributed by atoms with Gasteiger partial charge in [-0.15, -0.1) is 0 Å². The SMILES string of the molecule is CCNc1ncnc2[nH]cc(C(=O)c3cnc(CC4CCC(F)(F)CC4)c(F)c3)c12. The molecule has 0 aliphatic heterocycles. The highest BCUT2D eigenvalue weighted by atomic mass is 19.3. The van der Waals surface area contributed by atoms with Crippen LogP contribution in [0.5, 0.6) is 0 Å². The Labute approximate surface area is 171 Å². The number of ketones is 1. The van der Waals surface area contributed by atoms with Crippen molar-refractivity contribution in [1.82, 2.24) is 19.9 Å². The van der Waals surface area contributed by atoms with E-state index in [1.165, 1.54) is 18.7 Å². The zero-order chi connectivity index (χ0) is 21.3. The van der Waals surface area contributed by atoms with Gasteiger partial charge in [-0.05, 0) is 38.2 Å². The molecular weight excluding hydrogens is 395 g/mol. The van der Waals surface area contributed by atoms with Gasteiger partial charge in [0.15, 0.2) is 5.78 Å². The van der Waals surface area contributed by atoms with Crippen molar-refractivity contribution in [3.63, 3.8) is 0 Å². The van der Waals surface area contributed by atoms with Gasteiger partial charge >= 0.3 is 0 Å². The first-order chi connectivity index (χ1) is 14.4. The van der Waals surface area contributed by atoms with Crippen LogP contribution < -0.4 is 5.32 Å². The number of halogens is 3. The molecule has 30 heavy (non-hydrogen) atoms. The number of pyridine rings is 1. The van der Waals surface area contributed by atoms with Gasteiger partial charge in [0, 0.05) is 37.3 Å². The van der Waals surface area contributed by atoms with Crippen molar-refractivity contribution < 1.29 is 18.0 Å². The Morgan fingerprint density at radius 3 is 2.73 bits per heavy atom. The maximum absolute atomic E-state index is 14.7. The van der Waals surface area contributed by atoms with E-state index in [1.807, 2.05) is 6.92 Å². The molecular formula is C21H22F3N5O. The van der Waals surface area contributed by atoms with Crippen molar-refractivity contribution in [3.8, 4) is 0 Å². The zero-order valence-corrected chi connectivity index (χ0v) is 16.5. The van der Waals surface area contributed by atoms with Gasteiger partial charge < -0.3 is 10.3 Å². The predicted molar refractivity (Wildman–Crippen MR) is 106 cm³/mol. The lowest BCUT2D eigenvalue weighted by atomic mass is 9.84. The highest BCUT2D eigenvalue weighted by Gasteiger charge is 2.35. The Kier molecular flexibility index (Phi) is 5.44. The zero-order valence-electron chi connectivity index (χ0n) is 16.5. The monoisotopic (exact) mass is 417 g/mol. The number of nitrogens with one attached hydrogen (secondary N) is 2. The first kappa shape index (κ1) is 20.3. The van der Waals surface area contributed by atoms with Crippen molar-refractivity contribution in [2.24, 2.45) is 5.92 Å². The third-order valence-electron chi connectivity index (χ3n) is 5.56. The summed E-state index contributed by atoms with van der Waals surface area (Å²) in [6.45, 7) is 2.52. The summed E-state index contributed by atoms with van der Waals surface area (Å²) in [5, 5.41) is 3.63. The minimum Gasteiger partial charge on any atom is -0.370 e. The minimum absolute atomic E-state index is 0.0263. The van der Waals surface area contributed by atoms with Gasteiger partial charge in [-0.1, -0.05) is 0 Å². The lowest BCUT2D eigenvalue weighted by Gasteiger charge is -2.28. The summed E-state index contributed by atoms with van der Waals surface area (Å²) >= 11 is 0. The maximum atomic E-state index is 14.7. The van der Waals surface area contributed by atoms with E-state index in [0.717, 1.165) is 6.07 Å². The highest BCUT2D eigenvalue weighted by molar-refractivity contribution is 6.17. The summed E-state index contributed by atoms with van der Waals surface area (Å²) < 4.78 is 41.3. The first-order valence-electron chi connectivity index (χ1n) is 10.0. The van der Waals surface area contributed by atoms with E-state index < -0.39 is 17.5 Å². The van der Waals surface area contributed by atoms with Crippen LogP contribution in [0.25, 0.3) is 11.0 Å². The molecule has 0 atom stereocenters. The summed E-state index contributed by atoms with van der Waals surface area (Å²) in [5.41, 5.74) is 1.14. The summed E-state index contributed by atoms with van der Waals surface area (Å²) in [5.74, 6) is -3.12. The van der Waals surface area contributed by atoms with E-state index in [4.69, 9.17) is 0 Å². The predicted octanol–water partition coefficient (Wildman–Crippen LogP) is 4.52. The molecule has 3 aromatic heterocycles. The molecule has 0 amide bonds.